The van der Waals surface area contributed by atoms with E-state index < -0.39 is 10.0 Å². The summed E-state index contributed by atoms with van der Waals surface area (Å²) in [4.78, 5) is 5.68. The van der Waals surface area contributed by atoms with Gasteiger partial charge in [0.05, 0.1) is 10.6 Å². The number of halogens is 1. The molecule has 20 heavy (non-hydrogen) atoms. The van der Waals surface area contributed by atoms with Crippen molar-refractivity contribution in [3.63, 3.8) is 0 Å². The molecule has 106 valence electrons. The number of nitrogen functional groups attached to an aromatic ring is 1. The summed E-state index contributed by atoms with van der Waals surface area (Å²) in [5, 5.41) is 0.433. The Morgan fingerprint density at radius 1 is 1.35 bits per heavy atom. The van der Waals surface area contributed by atoms with E-state index in [9.17, 15) is 8.42 Å². The van der Waals surface area contributed by atoms with Crippen LogP contribution in [0.3, 0.4) is 0 Å². The number of sulfonamides is 1. The fourth-order valence-corrected chi connectivity index (χ4v) is 4.92. The maximum atomic E-state index is 12.3. The van der Waals surface area contributed by atoms with Crippen molar-refractivity contribution < 1.29 is 8.42 Å². The minimum Gasteiger partial charge on any atom is -0.398 e. The Labute approximate surface area is 129 Å². The number of nitrogens with one attached hydrogen (secondary N) is 1. The van der Waals surface area contributed by atoms with Crippen molar-refractivity contribution in [1.82, 2.24) is 4.98 Å². The highest BCUT2D eigenvalue weighted by Gasteiger charge is 2.21. The van der Waals surface area contributed by atoms with Crippen LogP contribution in [0, 0.1) is 0 Å². The molecular formula is C12H12BrN3O2S2. The van der Waals surface area contributed by atoms with Crippen LogP contribution in [-0.4, -0.2) is 13.4 Å². The Morgan fingerprint density at radius 3 is 2.85 bits per heavy atom. The van der Waals surface area contributed by atoms with E-state index in [-0.39, 0.29) is 4.90 Å². The molecule has 5 nitrogen and oxygen atoms in total. The van der Waals surface area contributed by atoms with Crippen molar-refractivity contribution in [2.45, 2.75) is 24.2 Å². The number of benzene rings is 1. The predicted octanol–water partition coefficient (Wildman–Crippen LogP) is 2.78. The molecular weight excluding hydrogens is 362 g/mol. The topological polar surface area (TPSA) is 85.1 Å². The van der Waals surface area contributed by atoms with Crippen LogP contribution in [0.15, 0.2) is 27.6 Å². The number of nitrogens with two attached hydrogens (primary N) is 1. The number of anilines is 2. The van der Waals surface area contributed by atoms with Crippen LogP contribution >= 0.6 is 27.3 Å². The molecule has 1 aliphatic rings. The van der Waals surface area contributed by atoms with Crippen LogP contribution in [0.25, 0.3) is 0 Å². The minimum atomic E-state index is -3.63. The molecule has 0 radical (unpaired) electrons. The van der Waals surface area contributed by atoms with Gasteiger partial charge in [-0.3, -0.25) is 4.72 Å². The average molecular weight is 374 g/mol. The summed E-state index contributed by atoms with van der Waals surface area (Å²) in [6.45, 7) is 0. The highest BCUT2D eigenvalue weighted by molar-refractivity contribution is 9.10. The van der Waals surface area contributed by atoms with Crippen LogP contribution in [0.4, 0.5) is 10.8 Å². The summed E-state index contributed by atoms with van der Waals surface area (Å²) in [5.74, 6) is 0. The first-order valence-corrected chi connectivity index (χ1v) is 9.11. The fourth-order valence-electron chi connectivity index (χ4n) is 2.08. The van der Waals surface area contributed by atoms with Gasteiger partial charge in [-0.25, -0.2) is 13.4 Å². The number of aryl methyl sites for hydroxylation is 2. The summed E-state index contributed by atoms with van der Waals surface area (Å²) >= 11 is 4.64. The molecule has 0 bridgehead atoms. The van der Waals surface area contributed by atoms with Crippen molar-refractivity contribution in [1.29, 1.82) is 0 Å². The lowest BCUT2D eigenvalue weighted by molar-refractivity contribution is 0.601. The molecule has 0 amide bonds. The Bertz CT molecular complexity index is 750. The van der Waals surface area contributed by atoms with Crippen LogP contribution in [0.1, 0.15) is 17.0 Å². The third-order valence-corrected chi connectivity index (χ3v) is 6.32. The van der Waals surface area contributed by atoms with E-state index in [2.05, 4.69) is 25.6 Å². The molecule has 8 heteroatoms. The van der Waals surface area contributed by atoms with E-state index in [0.717, 1.165) is 25.0 Å². The SMILES string of the molecule is Nc1ccc(S(=O)(=O)Nc2nc3c(s2)CCC3)cc1Br. The number of rotatable bonds is 3. The van der Waals surface area contributed by atoms with E-state index in [0.29, 0.717) is 15.3 Å². The van der Waals surface area contributed by atoms with Gasteiger partial charge < -0.3 is 5.73 Å². The fraction of sp³-hybridized carbons (Fsp3) is 0.250. The number of hydrogen-bond acceptors (Lipinski definition) is 5. The van der Waals surface area contributed by atoms with Crippen molar-refractivity contribution in [2.24, 2.45) is 0 Å². The monoisotopic (exact) mass is 373 g/mol. The Morgan fingerprint density at radius 2 is 2.15 bits per heavy atom. The highest BCUT2D eigenvalue weighted by Crippen LogP contribution is 2.32. The number of nitrogens with zero attached hydrogens (tertiary/aromatic N) is 1. The van der Waals surface area contributed by atoms with Gasteiger partial charge in [-0.2, -0.15) is 0 Å². The summed E-state index contributed by atoms with van der Waals surface area (Å²) in [7, 11) is -3.63. The van der Waals surface area contributed by atoms with E-state index in [4.69, 9.17) is 5.73 Å². The first kappa shape index (κ1) is 13.8. The largest absolute Gasteiger partial charge is 0.398 e. The quantitative estimate of drug-likeness (QED) is 0.809. The van der Waals surface area contributed by atoms with Gasteiger partial charge in [-0.1, -0.05) is 0 Å². The maximum Gasteiger partial charge on any atom is 0.263 e. The molecule has 0 unspecified atom stereocenters. The van der Waals surface area contributed by atoms with Gasteiger partial charge in [0.1, 0.15) is 0 Å². The van der Waals surface area contributed by atoms with Crippen molar-refractivity contribution >= 4 is 48.1 Å². The van der Waals surface area contributed by atoms with Gasteiger partial charge in [0.2, 0.25) is 0 Å². The average Bonchev–Trinajstić information content (AvgIpc) is 2.92. The molecule has 1 aromatic heterocycles. The van der Waals surface area contributed by atoms with E-state index in [1.165, 1.54) is 28.3 Å². The molecule has 0 spiro atoms. The van der Waals surface area contributed by atoms with Crippen LogP contribution < -0.4 is 10.5 Å². The standard InChI is InChI=1S/C12H12BrN3O2S2/c13-8-6-7(4-5-9(8)14)20(17,18)16-12-15-10-2-1-3-11(10)19-12/h4-6H,1-3,14H2,(H,15,16). The van der Waals surface area contributed by atoms with Crippen molar-refractivity contribution in [2.75, 3.05) is 10.5 Å². The van der Waals surface area contributed by atoms with Gasteiger partial charge in [0, 0.05) is 15.0 Å². The Hall–Kier alpha value is -1.12. The van der Waals surface area contributed by atoms with Crippen molar-refractivity contribution in [3.8, 4) is 0 Å². The molecule has 0 aliphatic heterocycles. The minimum absolute atomic E-state index is 0.161. The molecule has 1 heterocycles. The van der Waals surface area contributed by atoms with E-state index >= 15 is 0 Å². The van der Waals surface area contributed by atoms with Gasteiger partial charge in [-0.15, -0.1) is 11.3 Å². The second-order valence-corrected chi connectivity index (χ2v) is 8.15. The van der Waals surface area contributed by atoms with E-state index in [1.807, 2.05) is 0 Å². The zero-order valence-electron chi connectivity index (χ0n) is 10.4. The van der Waals surface area contributed by atoms with Gasteiger partial charge in [0.25, 0.3) is 10.0 Å². The van der Waals surface area contributed by atoms with Gasteiger partial charge in [-0.05, 0) is 53.4 Å². The van der Waals surface area contributed by atoms with Gasteiger partial charge >= 0.3 is 0 Å². The lowest BCUT2D eigenvalue weighted by Crippen LogP contribution is -2.13. The lowest BCUT2D eigenvalue weighted by Gasteiger charge is -2.06. The predicted molar refractivity (Wildman–Crippen MR) is 83.5 cm³/mol. The first-order valence-electron chi connectivity index (χ1n) is 6.02. The molecule has 3 N–H and O–H groups in total. The second-order valence-electron chi connectivity index (χ2n) is 4.53. The molecule has 0 saturated heterocycles. The van der Waals surface area contributed by atoms with Crippen LogP contribution in [0.2, 0.25) is 0 Å². The highest BCUT2D eigenvalue weighted by atomic mass is 79.9. The third-order valence-electron chi connectivity index (χ3n) is 3.10. The Kier molecular flexibility index (Phi) is 3.47. The lowest BCUT2D eigenvalue weighted by atomic mass is 10.3. The summed E-state index contributed by atoms with van der Waals surface area (Å²) < 4.78 is 27.7. The molecule has 0 fully saturated rings. The van der Waals surface area contributed by atoms with Crippen molar-refractivity contribution in [3.05, 3.63) is 33.2 Å². The van der Waals surface area contributed by atoms with Gasteiger partial charge in [0.15, 0.2) is 5.13 Å². The molecule has 0 saturated carbocycles. The molecule has 0 atom stereocenters. The molecule has 1 aliphatic carbocycles. The first-order chi connectivity index (χ1) is 9.45. The summed E-state index contributed by atoms with van der Waals surface area (Å²) in [6, 6.07) is 4.52. The van der Waals surface area contributed by atoms with E-state index in [1.54, 1.807) is 6.07 Å². The maximum absolute atomic E-state index is 12.3. The number of hydrogen-bond donors (Lipinski definition) is 2. The Balaban J connectivity index is 1.89. The zero-order chi connectivity index (χ0) is 14.3. The molecule has 1 aromatic carbocycles. The zero-order valence-corrected chi connectivity index (χ0v) is 13.6. The summed E-state index contributed by atoms with van der Waals surface area (Å²) in [6.07, 6.45) is 3.02. The molecule has 2 aromatic rings. The number of aromatic nitrogens is 1. The normalized spacial score (nSPS) is 14.2. The molecule has 3 rings (SSSR count). The number of fused-ring (bicyclic) bond motifs is 1. The third kappa shape index (κ3) is 2.55. The number of thiazole rings is 1. The smallest absolute Gasteiger partial charge is 0.263 e. The van der Waals surface area contributed by atoms with Crippen LogP contribution in [0.5, 0.6) is 0 Å². The second kappa shape index (κ2) is 5.01. The summed E-state index contributed by atoms with van der Waals surface area (Å²) in [5.41, 5.74) is 7.18. The van der Waals surface area contributed by atoms with Crippen LogP contribution in [-0.2, 0) is 22.9 Å².